The quantitative estimate of drug-likeness (QED) is 0.116. The fourth-order valence-electron chi connectivity index (χ4n) is 2.82. The number of unbranched alkanes of at least 4 members (excludes halogenated alkanes) is 3. The maximum Gasteiger partial charge on any atom is 0.209 e. The van der Waals surface area contributed by atoms with Crippen LogP contribution in [0.1, 0.15) is 25.7 Å². The van der Waals surface area contributed by atoms with Crippen LogP contribution in [0.3, 0.4) is 0 Å². The second-order valence-electron chi connectivity index (χ2n) is 7.34. The molecule has 0 bridgehead atoms. The zero-order valence-electron chi connectivity index (χ0n) is 18.9. The summed E-state index contributed by atoms with van der Waals surface area (Å²) in [4.78, 5) is 0. The van der Waals surface area contributed by atoms with Crippen LogP contribution in [0, 0.1) is 16.2 Å². The van der Waals surface area contributed by atoms with Gasteiger partial charge in [-0.15, -0.1) is 0 Å². The molecule has 0 heterocycles. The Bertz CT molecular complexity index is 996. The van der Waals surface area contributed by atoms with Gasteiger partial charge in [0, 0.05) is 34.5 Å². The van der Waals surface area contributed by atoms with Gasteiger partial charge in [-0.05, 0) is 61.4 Å². The maximum atomic E-state index is 8.00. The van der Waals surface area contributed by atoms with E-state index in [4.69, 9.17) is 39.4 Å². The van der Waals surface area contributed by atoms with E-state index in [9.17, 15) is 0 Å². The SMILES string of the molecule is N=C(NCCCCCCNC(=NBr)NC(=N)Nc1ccc(Cl)cc1)NC(=N)Nc1ccc(Cl)cc1. The molecule has 2 aromatic carbocycles. The molecule has 0 saturated carbocycles. The molecule has 35 heavy (non-hydrogen) atoms. The Morgan fingerprint density at radius 3 is 1.60 bits per heavy atom. The van der Waals surface area contributed by atoms with Gasteiger partial charge in [0.15, 0.2) is 17.9 Å². The van der Waals surface area contributed by atoms with Gasteiger partial charge >= 0.3 is 0 Å². The summed E-state index contributed by atoms with van der Waals surface area (Å²) in [5.74, 6) is 0.589. The zero-order chi connectivity index (χ0) is 25.5. The summed E-state index contributed by atoms with van der Waals surface area (Å²) in [6, 6.07) is 14.0. The van der Waals surface area contributed by atoms with E-state index in [0.29, 0.717) is 34.8 Å². The number of halogens is 3. The van der Waals surface area contributed by atoms with Crippen LogP contribution in [0.5, 0.6) is 0 Å². The molecule has 0 aromatic heterocycles. The molecule has 0 atom stereocenters. The van der Waals surface area contributed by atoms with Gasteiger partial charge in [0.05, 0.1) is 16.1 Å². The monoisotopic (exact) mass is 582 g/mol. The number of rotatable bonds is 9. The third-order valence-corrected chi connectivity index (χ3v) is 5.36. The van der Waals surface area contributed by atoms with Crippen molar-refractivity contribution in [3.8, 4) is 0 Å². The van der Waals surface area contributed by atoms with E-state index in [-0.39, 0.29) is 17.9 Å². The van der Waals surface area contributed by atoms with Gasteiger partial charge in [-0.1, -0.05) is 36.0 Å². The number of nitrogens with zero attached hydrogens (tertiary/aromatic N) is 1. The van der Waals surface area contributed by atoms with Crippen LogP contribution in [0.4, 0.5) is 11.4 Å². The Labute approximate surface area is 223 Å². The van der Waals surface area contributed by atoms with Crippen LogP contribution in [0.25, 0.3) is 0 Å². The second kappa shape index (κ2) is 15.8. The topological polar surface area (TPSA) is 156 Å². The molecule has 0 fully saturated rings. The minimum absolute atomic E-state index is 0.00483. The van der Waals surface area contributed by atoms with Crippen LogP contribution < -0.4 is 31.9 Å². The molecule has 188 valence electrons. The summed E-state index contributed by atoms with van der Waals surface area (Å²) in [6.07, 6.45) is 3.82. The number of benzene rings is 2. The van der Waals surface area contributed by atoms with Crippen molar-refractivity contribution in [1.82, 2.24) is 21.3 Å². The van der Waals surface area contributed by atoms with E-state index in [2.05, 4.69) is 52.1 Å². The number of hydrogen-bond acceptors (Lipinski definition) is 4. The molecule has 9 N–H and O–H groups in total. The summed E-state index contributed by atoms with van der Waals surface area (Å²) in [6.45, 7) is 1.33. The summed E-state index contributed by atoms with van der Waals surface area (Å²) >= 11 is 14.8. The Morgan fingerprint density at radius 1 is 0.657 bits per heavy atom. The molecular formula is C22H29BrCl2N10. The van der Waals surface area contributed by atoms with Crippen molar-refractivity contribution in [2.45, 2.75) is 25.7 Å². The highest BCUT2D eigenvalue weighted by Gasteiger charge is 2.04. The summed E-state index contributed by atoms with van der Waals surface area (Å²) in [7, 11) is 0. The first kappa shape index (κ1) is 28.2. The fourth-order valence-corrected chi connectivity index (χ4v) is 3.29. The molecule has 0 aliphatic heterocycles. The minimum atomic E-state index is 0.00483. The standard InChI is InChI=1S/C22H29BrCl2N10/c23-35-22(34-21(28)32-18-11-7-16(25)8-12-18)30-14-4-2-1-3-13-29-19(26)33-20(27)31-17-9-5-15(24)6-10-17/h5-12H,1-4,13-14H2,(H5,26,27,29,31,33)(H4,28,30,32,34,35). The lowest BCUT2D eigenvalue weighted by Crippen LogP contribution is -2.43. The molecule has 0 radical (unpaired) electrons. The van der Waals surface area contributed by atoms with Gasteiger partial charge in [0.1, 0.15) is 0 Å². The van der Waals surface area contributed by atoms with Crippen molar-refractivity contribution < 1.29 is 0 Å². The first-order chi connectivity index (χ1) is 16.9. The normalized spacial score (nSPS) is 10.8. The zero-order valence-corrected chi connectivity index (χ0v) is 22.0. The van der Waals surface area contributed by atoms with Crippen molar-refractivity contribution >= 4 is 74.6 Å². The molecule has 13 heteroatoms. The van der Waals surface area contributed by atoms with E-state index in [1.54, 1.807) is 48.5 Å². The molecule has 0 spiro atoms. The molecule has 0 unspecified atom stereocenters. The van der Waals surface area contributed by atoms with Gasteiger partial charge in [0.2, 0.25) is 5.96 Å². The highest BCUT2D eigenvalue weighted by Crippen LogP contribution is 2.13. The number of hydrogen-bond donors (Lipinski definition) is 9. The smallest absolute Gasteiger partial charge is 0.209 e. The molecule has 0 amide bonds. The van der Waals surface area contributed by atoms with E-state index in [1.165, 1.54) is 0 Å². The van der Waals surface area contributed by atoms with Crippen molar-refractivity contribution in [3.63, 3.8) is 0 Å². The van der Waals surface area contributed by atoms with Gasteiger partial charge in [-0.25, -0.2) is 0 Å². The maximum absolute atomic E-state index is 8.00. The third-order valence-electron chi connectivity index (χ3n) is 4.50. The summed E-state index contributed by atoms with van der Waals surface area (Å²) < 4.78 is 3.94. The van der Waals surface area contributed by atoms with Crippen LogP contribution in [0.15, 0.2) is 52.5 Å². The molecule has 0 saturated heterocycles. The Balaban J connectivity index is 1.50. The van der Waals surface area contributed by atoms with Crippen molar-refractivity contribution in [2.75, 3.05) is 23.7 Å². The molecule has 0 aliphatic rings. The van der Waals surface area contributed by atoms with E-state index < -0.39 is 0 Å². The first-order valence-electron chi connectivity index (χ1n) is 10.9. The lowest BCUT2D eigenvalue weighted by Gasteiger charge is -2.14. The van der Waals surface area contributed by atoms with Crippen molar-refractivity contribution in [1.29, 1.82) is 16.2 Å². The lowest BCUT2D eigenvalue weighted by molar-refractivity contribution is 0.620. The van der Waals surface area contributed by atoms with E-state index in [1.807, 2.05) is 0 Å². The van der Waals surface area contributed by atoms with Gasteiger partial charge in [-0.2, -0.15) is 4.02 Å². The van der Waals surface area contributed by atoms with Crippen LogP contribution in [-0.2, 0) is 0 Å². The van der Waals surface area contributed by atoms with Crippen molar-refractivity contribution in [2.24, 2.45) is 4.02 Å². The van der Waals surface area contributed by atoms with Crippen LogP contribution >= 0.6 is 39.3 Å². The molecule has 2 aromatic rings. The predicted molar refractivity (Wildman–Crippen MR) is 150 cm³/mol. The van der Waals surface area contributed by atoms with Crippen molar-refractivity contribution in [3.05, 3.63) is 58.6 Å². The predicted octanol–water partition coefficient (Wildman–Crippen LogP) is 4.91. The van der Waals surface area contributed by atoms with Crippen LogP contribution in [0.2, 0.25) is 10.0 Å². The molecule has 2 rings (SSSR count). The Hall–Kier alpha value is -3.02. The third kappa shape index (κ3) is 12.3. The largest absolute Gasteiger partial charge is 0.356 e. The average Bonchev–Trinajstić information content (AvgIpc) is 2.82. The highest BCUT2D eigenvalue weighted by atomic mass is 79.9. The van der Waals surface area contributed by atoms with E-state index >= 15 is 0 Å². The Morgan fingerprint density at radius 2 is 1.11 bits per heavy atom. The van der Waals surface area contributed by atoms with E-state index in [0.717, 1.165) is 31.4 Å². The second-order valence-corrected chi connectivity index (χ2v) is 8.57. The molecule has 0 aliphatic carbocycles. The van der Waals surface area contributed by atoms with Crippen LogP contribution in [-0.4, -0.2) is 36.9 Å². The minimum Gasteiger partial charge on any atom is -0.356 e. The molecule has 10 nitrogen and oxygen atoms in total. The van der Waals surface area contributed by atoms with Gasteiger partial charge in [-0.3, -0.25) is 26.9 Å². The lowest BCUT2D eigenvalue weighted by atomic mass is 10.2. The summed E-state index contributed by atoms with van der Waals surface area (Å²) in [5, 5.41) is 42.4. The number of anilines is 2. The number of guanidine groups is 4. The number of nitrogens with one attached hydrogen (secondary N) is 9. The fraction of sp³-hybridized carbons (Fsp3) is 0.273. The molecular weight excluding hydrogens is 555 g/mol. The Kier molecular flexibility index (Phi) is 12.7. The average molecular weight is 584 g/mol. The highest BCUT2D eigenvalue weighted by molar-refractivity contribution is 9.08. The van der Waals surface area contributed by atoms with Gasteiger partial charge < -0.3 is 21.3 Å². The van der Waals surface area contributed by atoms with Gasteiger partial charge in [0.25, 0.3) is 0 Å². The summed E-state index contributed by atoms with van der Waals surface area (Å²) in [5.41, 5.74) is 1.46. The first-order valence-corrected chi connectivity index (χ1v) is 12.3.